The summed E-state index contributed by atoms with van der Waals surface area (Å²) in [5, 5.41) is 0. The Kier molecular flexibility index (Phi) is 3.00. The van der Waals surface area contributed by atoms with Crippen LogP contribution in [0.25, 0.3) is 0 Å². The summed E-state index contributed by atoms with van der Waals surface area (Å²) in [5.41, 5.74) is 1.39. The third-order valence-electron chi connectivity index (χ3n) is 5.63. The molecule has 5 unspecified atom stereocenters. The van der Waals surface area contributed by atoms with Crippen LogP contribution < -0.4 is 4.74 Å². The molecule has 0 aliphatic heterocycles. The van der Waals surface area contributed by atoms with E-state index in [-0.39, 0.29) is 0 Å². The molecule has 2 bridgehead atoms. The van der Waals surface area contributed by atoms with Gasteiger partial charge >= 0.3 is 0 Å². The summed E-state index contributed by atoms with van der Waals surface area (Å²) in [6.45, 7) is 0. The van der Waals surface area contributed by atoms with Crippen molar-refractivity contribution in [2.24, 2.45) is 29.6 Å². The maximum absolute atomic E-state index is 5.31. The molecule has 3 aliphatic rings. The first-order valence-electron chi connectivity index (χ1n) is 7.18. The first-order chi connectivity index (χ1) is 9.20. The van der Waals surface area contributed by atoms with Crippen LogP contribution in [0.3, 0.4) is 0 Å². The summed E-state index contributed by atoms with van der Waals surface area (Å²) in [7, 11) is 1.72. The van der Waals surface area contributed by atoms with Crippen LogP contribution in [-0.2, 0) is 0 Å². The Morgan fingerprint density at radius 1 is 1.21 bits per heavy atom. The molecule has 3 saturated carbocycles. The van der Waals surface area contributed by atoms with Crippen molar-refractivity contribution in [1.82, 2.24) is 0 Å². The third kappa shape index (κ3) is 1.84. The first-order valence-corrected chi connectivity index (χ1v) is 8.89. The topological polar surface area (TPSA) is 9.23 Å². The average Bonchev–Trinajstić information content (AvgIpc) is 2.85. The van der Waals surface area contributed by atoms with Crippen molar-refractivity contribution < 1.29 is 4.74 Å². The van der Waals surface area contributed by atoms with Crippen LogP contribution in [0.15, 0.2) is 22.7 Å². The van der Waals surface area contributed by atoms with Crippen LogP contribution in [0.1, 0.15) is 29.7 Å². The molecule has 1 aromatic rings. The van der Waals surface area contributed by atoms with Gasteiger partial charge in [-0.2, -0.15) is 0 Å². The number of benzene rings is 1. The number of hydrogen-bond donors (Lipinski definition) is 0. The smallest absolute Gasteiger partial charge is 0.133 e. The molecule has 4 rings (SSSR count). The normalized spacial score (nSPS) is 40.1. The zero-order valence-corrected chi connectivity index (χ0v) is 14.2. The number of fused-ring (bicyclic) bond motifs is 5. The molecule has 1 nitrogen and oxygen atoms in total. The van der Waals surface area contributed by atoms with Gasteiger partial charge in [0.1, 0.15) is 5.75 Å². The largest absolute Gasteiger partial charge is 0.496 e. The monoisotopic (exact) mass is 384 g/mol. The van der Waals surface area contributed by atoms with Crippen molar-refractivity contribution in [1.29, 1.82) is 0 Å². The van der Waals surface area contributed by atoms with E-state index in [1.165, 1.54) is 24.8 Å². The fourth-order valence-electron chi connectivity index (χ4n) is 4.86. The predicted molar refractivity (Wildman–Crippen MR) is 83.7 cm³/mol. The molecule has 0 spiro atoms. The molecule has 0 saturated heterocycles. The van der Waals surface area contributed by atoms with E-state index in [4.69, 9.17) is 4.74 Å². The van der Waals surface area contributed by atoms with E-state index in [1.54, 1.807) is 7.11 Å². The molecule has 3 fully saturated rings. The molecule has 0 aromatic heterocycles. The molecular formula is C16H18Br2O. The molecule has 1 aromatic carbocycles. The fraction of sp³-hybridized carbons (Fsp3) is 0.625. The van der Waals surface area contributed by atoms with Gasteiger partial charge in [-0.15, -0.1) is 0 Å². The Morgan fingerprint density at radius 2 is 1.89 bits per heavy atom. The van der Waals surface area contributed by atoms with Gasteiger partial charge < -0.3 is 4.74 Å². The second-order valence-corrected chi connectivity index (χ2v) is 8.20. The number of ether oxygens (including phenoxy) is 1. The second-order valence-electron chi connectivity index (χ2n) is 6.36. The van der Waals surface area contributed by atoms with Crippen molar-refractivity contribution in [3.8, 4) is 5.75 Å². The molecule has 0 heterocycles. The lowest BCUT2D eigenvalue weighted by atomic mass is 9.97. The number of hydrogen-bond acceptors (Lipinski definition) is 1. The van der Waals surface area contributed by atoms with E-state index in [1.807, 2.05) is 0 Å². The van der Waals surface area contributed by atoms with Gasteiger partial charge in [0.25, 0.3) is 0 Å². The zero-order chi connectivity index (χ0) is 13.1. The molecule has 0 amide bonds. The highest BCUT2D eigenvalue weighted by molar-refractivity contribution is 9.10. The quantitative estimate of drug-likeness (QED) is 0.651. The van der Waals surface area contributed by atoms with E-state index < -0.39 is 0 Å². The minimum Gasteiger partial charge on any atom is -0.496 e. The van der Waals surface area contributed by atoms with Crippen LogP contribution in [0.4, 0.5) is 0 Å². The molecule has 102 valence electrons. The Balaban J connectivity index is 1.56. The van der Waals surface area contributed by atoms with E-state index in [0.29, 0.717) is 4.83 Å². The second kappa shape index (κ2) is 4.49. The fourth-order valence-corrected chi connectivity index (χ4v) is 6.41. The van der Waals surface area contributed by atoms with Gasteiger partial charge in [0.15, 0.2) is 0 Å². The van der Waals surface area contributed by atoms with Gasteiger partial charge in [-0.1, -0.05) is 22.0 Å². The minimum atomic E-state index is 0.521. The Morgan fingerprint density at radius 3 is 2.47 bits per heavy atom. The number of methoxy groups -OCH3 is 1. The molecule has 19 heavy (non-hydrogen) atoms. The van der Waals surface area contributed by atoms with E-state index in [2.05, 4.69) is 50.1 Å². The average molecular weight is 386 g/mol. The Labute approximate surface area is 131 Å². The molecule has 3 aliphatic carbocycles. The standard InChI is InChI=1S/C16H18Br2O/c1-19-12-5-4-10(7-11(12)17)16(18)15-13-8-2-3-9(6-8)14(13)15/h4-5,7-9,13-16H,2-3,6H2,1H3. The molecular weight excluding hydrogens is 368 g/mol. The molecule has 0 N–H and O–H groups in total. The maximum atomic E-state index is 5.31. The van der Waals surface area contributed by atoms with Gasteiger partial charge in [0.05, 0.1) is 11.6 Å². The van der Waals surface area contributed by atoms with Crippen molar-refractivity contribution >= 4 is 31.9 Å². The highest BCUT2D eigenvalue weighted by Crippen LogP contribution is 2.73. The zero-order valence-electron chi connectivity index (χ0n) is 11.0. The summed E-state index contributed by atoms with van der Waals surface area (Å²) >= 11 is 7.57. The van der Waals surface area contributed by atoms with Crippen LogP contribution in [0.2, 0.25) is 0 Å². The lowest BCUT2D eigenvalue weighted by Crippen LogP contribution is -2.04. The third-order valence-corrected chi connectivity index (χ3v) is 7.39. The highest BCUT2D eigenvalue weighted by Gasteiger charge is 2.66. The Bertz CT molecular complexity index is 499. The van der Waals surface area contributed by atoms with Gasteiger partial charge in [0.2, 0.25) is 0 Å². The first kappa shape index (κ1) is 12.7. The number of alkyl halides is 1. The van der Waals surface area contributed by atoms with Crippen LogP contribution in [-0.4, -0.2) is 7.11 Å². The predicted octanol–water partition coefficient (Wildman–Crippen LogP) is 5.19. The van der Waals surface area contributed by atoms with Crippen molar-refractivity contribution in [2.45, 2.75) is 24.1 Å². The van der Waals surface area contributed by atoms with Crippen molar-refractivity contribution in [3.05, 3.63) is 28.2 Å². The summed E-state index contributed by atoms with van der Waals surface area (Å²) < 4.78 is 6.37. The number of rotatable bonds is 3. The summed E-state index contributed by atoms with van der Waals surface area (Å²) in [4.78, 5) is 0.521. The molecule has 3 heteroatoms. The van der Waals surface area contributed by atoms with E-state index in [0.717, 1.165) is 39.8 Å². The van der Waals surface area contributed by atoms with Crippen LogP contribution in [0.5, 0.6) is 5.75 Å². The van der Waals surface area contributed by atoms with Crippen LogP contribution in [0, 0.1) is 29.6 Å². The van der Waals surface area contributed by atoms with Gasteiger partial charge in [-0.3, -0.25) is 0 Å². The highest BCUT2D eigenvalue weighted by atomic mass is 79.9. The van der Waals surface area contributed by atoms with Crippen LogP contribution >= 0.6 is 31.9 Å². The Hall–Kier alpha value is -0.0200. The van der Waals surface area contributed by atoms with Gasteiger partial charge in [-0.25, -0.2) is 0 Å². The minimum absolute atomic E-state index is 0.521. The van der Waals surface area contributed by atoms with Gasteiger partial charge in [-0.05, 0) is 82.5 Å². The number of halogens is 2. The molecule has 5 atom stereocenters. The van der Waals surface area contributed by atoms with Gasteiger partial charge in [0, 0.05) is 4.83 Å². The molecule has 0 radical (unpaired) electrons. The maximum Gasteiger partial charge on any atom is 0.133 e. The lowest BCUT2D eigenvalue weighted by molar-refractivity contribution is 0.411. The summed E-state index contributed by atoms with van der Waals surface area (Å²) in [6.07, 6.45) is 4.51. The SMILES string of the molecule is COc1ccc(C(Br)C2C3C4CCC(C4)C32)cc1Br. The van der Waals surface area contributed by atoms with Crippen molar-refractivity contribution in [3.63, 3.8) is 0 Å². The summed E-state index contributed by atoms with van der Waals surface area (Å²) in [5.74, 6) is 5.92. The van der Waals surface area contributed by atoms with E-state index in [9.17, 15) is 0 Å². The summed E-state index contributed by atoms with van der Waals surface area (Å²) in [6, 6.07) is 6.49. The van der Waals surface area contributed by atoms with Crippen molar-refractivity contribution in [2.75, 3.05) is 7.11 Å². The van der Waals surface area contributed by atoms with E-state index >= 15 is 0 Å². The lowest BCUT2D eigenvalue weighted by Gasteiger charge is -2.16.